The van der Waals surface area contributed by atoms with Crippen molar-refractivity contribution in [3.63, 3.8) is 0 Å². The van der Waals surface area contributed by atoms with E-state index in [0.29, 0.717) is 0 Å². The van der Waals surface area contributed by atoms with Crippen molar-refractivity contribution in [2.24, 2.45) is 0 Å². The van der Waals surface area contributed by atoms with Gasteiger partial charge >= 0.3 is 0 Å². The van der Waals surface area contributed by atoms with Gasteiger partial charge in [-0.3, -0.25) is 9.59 Å². The Balaban J connectivity index is 2.42. The van der Waals surface area contributed by atoms with Crippen LogP contribution in [0.5, 0.6) is 0 Å². The second-order valence-corrected chi connectivity index (χ2v) is 3.50. The lowest BCUT2D eigenvalue weighted by Crippen LogP contribution is -2.06. The molecule has 64 valence electrons. The summed E-state index contributed by atoms with van der Waals surface area (Å²) in [6.45, 7) is 1.42. The number of hydrogen-bond donors (Lipinski definition) is 0. The molecule has 0 radical (unpaired) electrons. The summed E-state index contributed by atoms with van der Waals surface area (Å²) in [5.74, 6) is -0.144. The van der Waals surface area contributed by atoms with Gasteiger partial charge in [-0.15, -0.1) is 11.3 Å². The van der Waals surface area contributed by atoms with Crippen molar-refractivity contribution in [3.05, 3.63) is 16.6 Å². The van der Waals surface area contributed by atoms with E-state index in [1.165, 1.54) is 18.3 Å². The minimum atomic E-state index is -0.0865. The highest BCUT2D eigenvalue weighted by molar-refractivity contribution is 7.09. The Bertz CT molecular complexity index is 279. The number of ketones is 2. The van der Waals surface area contributed by atoms with Crippen LogP contribution >= 0.6 is 11.3 Å². The summed E-state index contributed by atoms with van der Waals surface area (Å²) in [5, 5.41) is 2.59. The average molecular weight is 183 g/mol. The van der Waals surface area contributed by atoms with Crippen molar-refractivity contribution in [1.29, 1.82) is 0 Å². The summed E-state index contributed by atoms with van der Waals surface area (Å²) in [6.07, 6.45) is 1.97. The van der Waals surface area contributed by atoms with Gasteiger partial charge in [0.2, 0.25) is 0 Å². The van der Waals surface area contributed by atoms with Crippen LogP contribution in [0, 0.1) is 0 Å². The van der Waals surface area contributed by atoms with Gasteiger partial charge in [0.05, 0.1) is 17.8 Å². The number of carbonyl (C=O) groups excluding carboxylic acids is 2. The maximum Gasteiger partial charge on any atom is 0.147 e. The second kappa shape index (κ2) is 4.11. The van der Waals surface area contributed by atoms with E-state index in [1.807, 2.05) is 5.38 Å². The molecular formula is C8H9NO2S. The van der Waals surface area contributed by atoms with Crippen LogP contribution in [-0.2, 0) is 16.0 Å². The number of Topliss-reactive ketones (excluding diaryl/α,β-unsaturated/α-hetero) is 2. The van der Waals surface area contributed by atoms with Crippen molar-refractivity contribution < 1.29 is 9.59 Å². The van der Waals surface area contributed by atoms with E-state index in [2.05, 4.69) is 4.98 Å². The molecule has 3 nitrogen and oxygen atoms in total. The minimum absolute atomic E-state index is 0.0274. The van der Waals surface area contributed by atoms with Gasteiger partial charge in [0.25, 0.3) is 0 Å². The first-order chi connectivity index (χ1) is 5.68. The largest absolute Gasteiger partial charge is 0.300 e. The smallest absolute Gasteiger partial charge is 0.147 e. The fourth-order valence-corrected chi connectivity index (χ4v) is 1.49. The van der Waals surface area contributed by atoms with Crippen LogP contribution in [0.3, 0.4) is 0 Å². The van der Waals surface area contributed by atoms with Crippen LogP contribution in [0.1, 0.15) is 18.4 Å². The standard InChI is InChI=1S/C8H9NO2S/c1-6(10)4-7(11)5-8-9-2-3-12-8/h2-3H,4-5H2,1H3. The molecule has 1 aromatic heterocycles. The van der Waals surface area contributed by atoms with E-state index in [4.69, 9.17) is 0 Å². The lowest BCUT2D eigenvalue weighted by Gasteiger charge is -1.92. The van der Waals surface area contributed by atoms with Crippen LogP contribution < -0.4 is 0 Å². The molecule has 0 amide bonds. The van der Waals surface area contributed by atoms with Crippen molar-refractivity contribution in [1.82, 2.24) is 4.98 Å². The molecule has 0 aliphatic carbocycles. The van der Waals surface area contributed by atoms with Gasteiger partial charge < -0.3 is 0 Å². The summed E-state index contributed by atoms with van der Waals surface area (Å²) in [7, 11) is 0. The molecule has 12 heavy (non-hydrogen) atoms. The fraction of sp³-hybridized carbons (Fsp3) is 0.375. The van der Waals surface area contributed by atoms with E-state index in [9.17, 15) is 9.59 Å². The lowest BCUT2D eigenvalue weighted by atomic mass is 10.2. The van der Waals surface area contributed by atoms with Crippen molar-refractivity contribution in [2.75, 3.05) is 0 Å². The first kappa shape index (κ1) is 9.06. The highest BCUT2D eigenvalue weighted by Gasteiger charge is 2.07. The molecule has 0 unspecified atom stereocenters. The van der Waals surface area contributed by atoms with Crippen LogP contribution in [0.4, 0.5) is 0 Å². The molecule has 0 saturated carbocycles. The average Bonchev–Trinajstić information content (AvgIpc) is 2.37. The zero-order valence-electron chi connectivity index (χ0n) is 6.74. The summed E-state index contributed by atoms with van der Waals surface area (Å²) in [6, 6.07) is 0. The second-order valence-electron chi connectivity index (χ2n) is 2.52. The Morgan fingerprint density at radius 2 is 2.33 bits per heavy atom. The molecule has 1 heterocycles. The lowest BCUT2D eigenvalue weighted by molar-refractivity contribution is -0.125. The normalized spacial score (nSPS) is 9.75. The number of hydrogen-bond acceptors (Lipinski definition) is 4. The van der Waals surface area contributed by atoms with Gasteiger partial charge in [-0.2, -0.15) is 0 Å². The highest BCUT2D eigenvalue weighted by Crippen LogP contribution is 2.06. The van der Waals surface area contributed by atoms with Crippen LogP contribution in [-0.4, -0.2) is 16.6 Å². The maximum absolute atomic E-state index is 11.1. The first-order valence-corrected chi connectivity index (χ1v) is 4.46. The molecular weight excluding hydrogens is 174 g/mol. The van der Waals surface area contributed by atoms with Crippen LogP contribution in [0.25, 0.3) is 0 Å². The predicted molar refractivity (Wildman–Crippen MR) is 46.1 cm³/mol. The number of rotatable bonds is 4. The summed E-state index contributed by atoms with van der Waals surface area (Å²) in [5.41, 5.74) is 0. The predicted octanol–water partition coefficient (Wildman–Crippen LogP) is 1.23. The summed E-state index contributed by atoms with van der Waals surface area (Å²) in [4.78, 5) is 25.6. The van der Waals surface area contributed by atoms with Gasteiger partial charge in [-0.1, -0.05) is 0 Å². The van der Waals surface area contributed by atoms with Gasteiger partial charge in [-0.05, 0) is 6.92 Å². The molecule has 1 aromatic rings. The van der Waals surface area contributed by atoms with Crippen molar-refractivity contribution in [2.45, 2.75) is 19.8 Å². The Morgan fingerprint density at radius 1 is 1.58 bits per heavy atom. The van der Waals surface area contributed by atoms with E-state index in [-0.39, 0.29) is 24.4 Å². The van der Waals surface area contributed by atoms with Crippen molar-refractivity contribution >= 4 is 22.9 Å². The molecule has 0 fully saturated rings. The zero-order chi connectivity index (χ0) is 8.97. The van der Waals surface area contributed by atoms with E-state index < -0.39 is 0 Å². The summed E-state index contributed by atoms with van der Waals surface area (Å²) < 4.78 is 0. The maximum atomic E-state index is 11.1. The fourth-order valence-electron chi connectivity index (χ4n) is 0.849. The molecule has 0 saturated heterocycles. The number of nitrogens with zero attached hydrogens (tertiary/aromatic N) is 1. The first-order valence-electron chi connectivity index (χ1n) is 3.58. The molecule has 0 spiro atoms. The van der Waals surface area contributed by atoms with Crippen LogP contribution in [0.15, 0.2) is 11.6 Å². The third-order valence-corrected chi connectivity index (χ3v) is 2.06. The quantitative estimate of drug-likeness (QED) is 0.660. The molecule has 0 bridgehead atoms. The van der Waals surface area contributed by atoms with Gasteiger partial charge in [0.1, 0.15) is 11.6 Å². The SMILES string of the molecule is CC(=O)CC(=O)Cc1nccs1. The Kier molecular flexibility index (Phi) is 3.10. The molecule has 0 aromatic carbocycles. The van der Waals surface area contributed by atoms with E-state index in [1.54, 1.807) is 6.20 Å². The number of aromatic nitrogens is 1. The molecule has 4 heteroatoms. The molecule has 0 aliphatic rings. The Morgan fingerprint density at radius 3 is 2.83 bits per heavy atom. The molecule has 0 N–H and O–H groups in total. The molecule has 0 atom stereocenters. The third-order valence-electron chi connectivity index (χ3n) is 1.28. The highest BCUT2D eigenvalue weighted by atomic mass is 32.1. The molecule has 0 aliphatic heterocycles. The zero-order valence-corrected chi connectivity index (χ0v) is 7.56. The van der Waals surface area contributed by atoms with Crippen LogP contribution in [0.2, 0.25) is 0 Å². The van der Waals surface area contributed by atoms with E-state index in [0.717, 1.165) is 5.01 Å². The number of carbonyl (C=O) groups is 2. The molecule has 1 rings (SSSR count). The van der Waals surface area contributed by atoms with Gasteiger partial charge in [-0.25, -0.2) is 4.98 Å². The van der Waals surface area contributed by atoms with Gasteiger partial charge in [0, 0.05) is 11.6 Å². The monoisotopic (exact) mass is 183 g/mol. The topological polar surface area (TPSA) is 47.0 Å². The third kappa shape index (κ3) is 2.92. The minimum Gasteiger partial charge on any atom is -0.300 e. The van der Waals surface area contributed by atoms with Gasteiger partial charge in [0.15, 0.2) is 0 Å². The summed E-state index contributed by atoms with van der Waals surface area (Å²) >= 11 is 1.44. The van der Waals surface area contributed by atoms with E-state index >= 15 is 0 Å². The number of thiazole rings is 1. The Labute approximate surface area is 74.4 Å². The Hall–Kier alpha value is -1.03. The van der Waals surface area contributed by atoms with Crippen molar-refractivity contribution in [3.8, 4) is 0 Å².